The normalized spacial score (nSPS) is 14.2. The van der Waals surface area contributed by atoms with Crippen LogP contribution in [0.2, 0.25) is 0 Å². The van der Waals surface area contributed by atoms with Gasteiger partial charge in [-0.1, -0.05) is 41.9 Å². The van der Waals surface area contributed by atoms with Gasteiger partial charge in [0.1, 0.15) is 0 Å². The summed E-state index contributed by atoms with van der Waals surface area (Å²) in [6, 6.07) is 6.82. The molecule has 0 saturated carbocycles. The molecule has 0 spiro atoms. The third-order valence-electron chi connectivity index (χ3n) is 3.01. The van der Waals surface area contributed by atoms with E-state index in [1.54, 1.807) is 24.3 Å². The van der Waals surface area contributed by atoms with Crippen LogP contribution in [0.3, 0.4) is 0 Å². The predicted molar refractivity (Wildman–Crippen MR) is 77.6 cm³/mol. The first-order valence-corrected chi connectivity index (χ1v) is 7.09. The van der Waals surface area contributed by atoms with E-state index in [1.165, 1.54) is 0 Å². The molecule has 0 heterocycles. The average molecular weight is 330 g/mol. The van der Waals surface area contributed by atoms with Gasteiger partial charge in [0.15, 0.2) is 6.10 Å². The highest BCUT2D eigenvalue weighted by atomic mass is 79.9. The summed E-state index contributed by atoms with van der Waals surface area (Å²) in [5.74, 6) is -0.234. The number of benzene rings is 1. The van der Waals surface area contributed by atoms with Crippen molar-refractivity contribution in [3.63, 3.8) is 0 Å². The Balaban J connectivity index is 2.68. The molecule has 0 aromatic heterocycles. The van der Waals surface area contributed by atoms with Crippen LogP contribution in [0.1, 0.15) is 31.9 Å². The topological polar surface area (TPSA) is 69.6 Å². The van der Waals surface area contributed by atoms with Gasteiger partial charge < -0.3 is 15.5 Å². The Kier molecular flexibility index (Phi) is 6.48. The highest BCUT2D eigenvalue weighted by Crippen LogP contribution is 2.17. The summed E-state index contributed by atoms with van der Waals surface area (Å²) in [7, 11) is 0. The summed E-state index contributed by atoms with van der Waals surface area (Å²) in [4.78, 5) is 12.0. The summed E-state index contributed by atoms with van der Waals surface area (Å²) >= 11 is 3.30. The lowest BCUT2D eigenvalue weighted by molar-refractivity contribution is -0.130. The first-order chi connectivity index (χ1) is 8.95. The molecule has 19 heavy (non-hydrogen) atoms. The van der Waals surface area contributed by atoms with E-state index in [0.717, 1.165) is 4.47 Å². The second kappa shape index (κ2) is 7.62. The van der Waals surface area contributed by atoms with Gasteiger partial charge in [-0.25, -0.2) is 0 Å². The standard InChI is InChI=1S/C14H20BrNO3/c1-9(2)12(7-8-17)16-14(19)13(18)10-3-5-11(15)6-4-10/h3-6,9,12-13,17-18H,7-8H2,1-2H3,(H,16,19)/t12-,13+/m0/s1. The fourth-order valence-corrected chi connectivity index (χ4v) is 2.03. The quantitative estimate of drug-likeness (QED) is 0.747. The van der Waals surface area contributed by atoms with Gasteiger partial charge in [-0.05, 0) is 30.0 Å². The number of halogens is 1. The number of amides is 1. The predicted octanol–water partition coefficient (Wildman–Crippen LogP) is 2.01. The van der Waals surface area contributed by atoms with Crippen molar-refractivity contribution < 1.29 is 15.0 Å². The number of carbonyl (C=O) groups excluding carboxylic acids is 1. The number of carbonyl (C=O) groups is 1. The summed E-state index contributed by atoms with van der Waals surface area (Å²) in [5, 5.41) is 21.7. The number of hydrogen-bond donors (Lipinski definition) is 3. The Bertz CT molecular complexity index is 406. The van der Waals surface area contributed by atoms with Gasteiger partial charge in [-0.15, -0.1) is 0 Å². The van der Waals surface area contributed by atoms with Gasteiger partial charge in [0.05, 0.1) is 0 Å². The van der Waals surface area contributed by atoms with Gasteiger partial charge in [0.25, 0.3) is 5.91 Å². The number of aliphatic hydroxyl groups excluding tert-OH is 2. The van der Waals surface area contributed by atoms with Gasteiger partial charge in [-0.2, -0.15) is 0 Å². The van der Waals surface area contributed by atoms with Crippen molar-refractivity contribution in [1.29, 1.82) is 0 Å². The van der Waals surface area contributed by atoms with Crippen molar-refractivity contribution in [3.8, 4) is 0 Å². The van der Waals surface area contributed by atoms with Gasteiger partial charge in [0, 0.05) is 17.1 Å². The number of hydrogen-bond acceptors (Lipinski definition) is 3. The van der Waals surface area contributed by atoms with Crippen LogP contribution in [0, 0.1) is 5.92 Å². The van der Waals surface area contributed by atoms with Crippen molar-refractivity contribution in [2.75, 3.05) is 6.61 Å². The SMILES string of the molecule is CC(C)[C@H](CCO)NC(=O)[C@H](O)c1ccc(Br)cc1. The molecule has 2 atom stereocenters. The summed E-state index contributed by atoms with van der Waals surface area (Å²) in [5.41, 5.74) is 0.548. The first kappa shape index (κ1) is 16.1. The van der Waals surface area contributed by atoms with Crippen molar-refractivity contribution in [2.45, 2.75) is 32.4 Å². The third-order valence-corrected chi connectivity index (χ3v) is 3.54. The lowest BCUT2D eigenvalue weighted by atomic mass is 10.0. The van der Waals surface area contributed by atoms with Crippen LogP contribution < -0.4 is 5.32 Å². The number of rotatable bonds is 6. The molecule has 1 rings (SSSR count). The summed E-state index contributed by atoms with van der Waals surface area (Å²) in [6.45, 7) is 3.94. The van der Waals surface area contributed by atoms with Crippen LogP contribution in [0.25, 0.3) is 0 Å². The Morgan fingerprint density at radius 3 is 2.37 bits per heavy atom. The van der Waals surface area contributed by atoms with Crippen molar-refractivity contribution >= 4 is 21.8 Å². The third kappa shape index (κ3) is 4.93. The van der Waals surface area contributed by atoms with Gasteiger partial charge >= 0.3 is 0 Å². The van der Waals surface area contributed by atoms with Crippen molar-refractivity contribution in [3.05, 3.63) is 34.3 Å². The molecule has 3 N–H and O–H groups in total. The fourth-order valence-electron chi connectivity index (χ4n) is 1.77. The molecule has 0 aliphatic carbocycles. The van der Waals surface area contributed by atoms with E-state index >= 15 is 0 Å². The smallest absolute Gasteiger partial charge is 0.253 e. The Morgan fingerprint density at radius 2 is 1.89 bits per heavy atom. The highest BCUT2D eigenvalue weighted by molar-refractivity contribution is 9.10. The molecule has 1 aromatic carbocycles. The second-order valence-corrected chi connectivity index (χ2v) is 5.74. The van der Waals surface area contributed by atoms with Gasteiger partial charge in [-0.3, -0.25) is 4.79 Å². The van der Waals surface area contributed by atoms with E-state index in [-0.39, 0.29) is 18.6 Å². The van der Waals surface area contributed by atoms with Crippen molar-refractivity contribution in [1.82, 2.24) is 5.32 Å². The Morgan fingerprint density at radius 1 is 1.32 bits per heavy atom. The largest absolute Gasteiger partial charge is 0.396 e. The minimum atomic E-state index is -1.19. The second-order valence-electron chi connectivity index (χ2n) is 4.83. The van der Waals surface area contributed by atoms with E-state index in [0.29, 0.717) is 12.0 Å². The highest BCUT2D eigenvalue weighted by Gasteiger charge is 2.22. The minimum Gasteiger partial charge on any atom is -0.396 e. The fraction of sp³-hybridized carbons (Fsp3) is 0.500. The monoisotopic (exact) mass is 329 g/mol. The van der Waals surface area contributed by atoms with Crippen LogP contribution in [0.4, 0.5) is 0 Å². The average Bonchev–Trinajstić information content (AvgIpc) is 2.38. The molecule has 1 aromatic rings. The summed E-state index contributed by atoms with van der Waals surface area (Å²) in [6.07, 6.45) is -0.704. The zero-order chi connectivity index (χ0) is 14.4. The number of aliphatic hydroxyl groups is 2. The molecule has 0 unspecified atom stereocenters. The molecule has 0 fully saturated rings. The zero-order valence-corrected chi connectivity index (χ0v) is 12.7. The molecule has 0 aliphatic heterocycles. The van der Waals surface area contributed by atoms with Crippen LogP contribution in [0.5, 0.6) is 0 Å². The van der Waals surface area contributed by atoms with Crippen LogP contribution in [-0.2, 0) is 4.79 Å². The van der Waals surface area contributed by atoms with E-state index in [1.807, 2.05) is 13.8 Å². The Hall–Kier alpha value is -0.910. The molecule has 1 amide bonds. The molecular formula is C14H20BrNO3. The number of nitrogens with one attached hydrogen (secondary N) is 1. The molecule has 4 nitrogen and oxygen atoms in total. The maximum Gasteiger partial charge on any atom is 0.253 e. The van der Waals surface area contributed by atoms with E-state index in [9.17, 15) is 9.90 Å². The molecule has 0 saturated heterocycles. The molecule has 0 radical (unpaired) electrons. The molecule has 106 valence electrons. The Labute approximate surface area is 122 Å². The zero-order valence-electron chi connectivity index (χ0n) is 11.1. The maximum absolute atomic E-state index is 12.0. The lowest BCUT2D eigenvalue weighted by Crippen LogP contribution is -2.41. The molecular weight excluding hydrogens is 310 g/mol. The van der Waals surface area contributed by atoms with Crippen LogP contribution >= 0.6 is 15.9 Å². The van der Waals surface area contributed by atoms with E-state index in [2.05, 4.69) is 21.2 Å². The lowest BCUT2D eigenvalue weighted by Gasteiger charge is -2.23. The van der Waals surface area contributed by atoms with Gasteiger partial charge in [0.2, 0.25) is 0 Å². The first-order valence-electron chi connectivity index (χ1n) is 6.30. The van der Waals surface area contributed by atoms with Crippen LogP contribution in [-0.4, -0.2) is 28.8 Å². The molecule has 5 heteroatoms. The van der Waals surface area contributed by atoms with Crippen LogP contribution in [0.15, 0.2) is 28.7 Å². The maximum atomic E-state index is 12.0. The molecule has 0 aliphatic rings. The summed E-state index contributed by atoms with van der Waals surface area (Å²) < 4.78 is 0.893. The van der Waals surface area contributed by atoms with E-state index < -0.39 is 12.0 Å². The van der Waals surface area contributed by atoms with Crippen molar-refractivity contribution in [2.24, 2.45) is 5.92 Å². The molecule has 0 bridgehead atoms. The minimum absolute atomic E-state index is 0.0114. The van der Waals surface area contributed by atoms with E-state index in [4.69, 9.17) is 5.11 Å².